The molecule has 0 saturated heterocycles. The summed E-state index contributed by atoms with van der Waals surface area (Å²) in [7, 11) is -3.51. The lowest BCUT2D eigenvalue weighted by Gasteiger charge is -2.29. The number of halogens is 1. The van der Waals surface area contributed by atoms with E-state index >= 15 is 0 Å². The van der Waals surface area contributed by atoms with Gasteiger partial charge in [0.15, 0.2) is 0 Å². The van der Waals surface area contributed by atoms with Gasteiger partial charge in [-0.3, -0.25) is 13.9 Å². The van der Waals surface area contributed by atoms with E-state index in [1.54, 1.807) is 24.0 Å². The number of amides is 2. The van der Waals surface area contributed by atoms with Gasteiger partial charge in [0.25, 0.3) is 0 Å². The summed E-state index contributed by atoms with van der Waals surface area (Å²) in [4.78, 5) is 27.6. The van der Waals surface area contributed by atoms with Crippen molar-refractivity contribution in [3.8, 4) is 0 Å². The molecule has 192 valence electrons. The van der Waals surface area contributed by atoms with Gasteiger partial charge in [0.05, 0.1) is 11.9 Å². The third kappa shape index (κ3) is 9.29. The Balaban J connectivity index is 2.15. The van der Waals surface area contributed by atoms with Crippen molar-refractivity contribution in [1.29, 1.82) is 0 Å². The molecular weight excluding hydrogens is 530 g/mol. The van der Waals surface area contributed by atoms with Crippen LogP contribution < -0.4 is 9.62 Å². The quantitative estimate of drug-likeness (QED) is 0.410. The maximum Gasteiger partial charge on any atom is 0.242 e. The van der Waals surface area contributed by atoms with Gasteiger partial charge in [-0.2, -0.15) is 0 Å². The van der Waals surface area contributed by atoms with E-state index in [-0.39, 0.29) is 31.3 Å². The van der Waals surface area contributed by atoms with E-state index < -0.39 is 16.1 Å². The highest BCUT2D eigenvalue weighted by Crippen LogP contribution is 2.20. The molecule has 0 aromatic heterocycles. The second-order valence-corrected chi connectivity index (χ2v) is 12.1. The van der Waals surface area contributed by atoms with Crippen LogP contribution in [0.25, 0.3) is 0 Å². The van der Waals surface area contributed by atoms with Gasteiger partial charge >= 0.3 is 0 Å². The van der Waals surface area contributed by atoms with E-state index in [1.807, 2.05) is 57.2 Å². The number of carbonyl (C=O) groups excluding carboxylic acids is 2. The molecule has 2 aromatic carbocycles. The number of nitrogens with zero attached hydrogens (tertiary/aromatic N) is 2. The SMILES string of the molecule is Cc1ccc(N(CCCC(=O)N(Cc2cccc(Br)c2)[C@@H](C)C(=O)NCC(C)C)S(C)(=O)=O)cc1. The van der Waals surface area contributed by atoms with Gasteiger partial charge in [0.1, 0.15) is 6.04 Å². The molecular formula is C26H36BrN3O4S. The smallest absolute Gasteiger partial charge is 0.242 e. The summed E-state index contributed by atoms with van der Waals surface area (Å²) in [6, 6.07) is 14.2. The molecule has 0 spiro atoms. The first-order chi connectivity index (χ1) is 16.4. The Morgan fingerprint density at radius 3 is 2.29 bits per heavy atom. The number of anilines is 1. The van der Waals surface area contributed by atoms with Crippen LogP contribution in [0.4, 0.5) is 5.69 Å². The predicted octanol–water partition coefficient (Wildman–Crippen LogP) is 4.49. The number of carbonyl (C=O) groups is 2. The first-order valence-electron chi connectivity index (χ1n) is 11.7. The van der Waals surface area contributed by atoms with Crippen LogP contribution in [0, 0.1) is 12.8 Å². The number of sulfonamides is 1. The fourth-order valence-corrected chi connectivity index (χ4v) is 4.99. The topological polar surface area (TPSA) is 86.8 Å². The Bertz CT molecular complexity index is 1100. The van der Waals surface area contributed by atoms with E-state index in [2.05, 4.69) is 21.2 Å². The van der Waals surface area contributed by atoms with Crippen molar-refractivity contribution < 1.29 is 18.0 Å². The second-order valence-electron chi connectivity index (χ2n) is 9.24. The van der Waals surface area contributed by atoms with E-state index in [4.69, 9.17) is 0 Å². The van der Waals surface area contributed by atoms with Crippen LogP contribution in [0.15, 0.2) is 53.0 Å². The lowest BCUT2D eigenvalue weighted by molar-refractivity contribution is -0.140. The van der Waals surface area contributed by atoms with Crippen LogP contribution in [-0.2, 0) is 26.2 Å². The fourth-order valence-electron chi connectivity index (χ4n) is 3.58. The summed E-state index contributed by atoms with van der Waals surface area (Å²) in [5.74, 6) is -0.113. The molecule has 1 N–H and O–H groups in total. The molecule has 0 unspecified atom stereocenters. The first kappa shape index (κ1) is 28.8. The zero-order chi connectivity index (χ0) is 26.2. The average Bonchev–Trinajstić information content (AvgIpc) is 2.78. The van der Waals surface area contributed by atoms with Crippen molar-refractivity contribution in [3.63, 3.8) is 0 Å². The van der Waals surface area contributed by atoms with Gasteiger partial charge in [0.2, 0.25) is 21.8 Å². The number of aryl methyl sites for hydroxylation is 1. The van der Waals surface area contributed by atoms with Crippen molar-refractivity contribution in [2.45, 2.75) is 53.1 Å². The van der Waals surface area contributed by atoms with Gasteiger partial charge in [-0.05, 0) is 56.0 Å². The summed E-state index contributed by atoms with van der Waals surface area (Å²) in [6.45, 7) is 8.66. The molecule has 0 bridgehead atoms. The Labute approximate surface area is 218 Å². The van der Waals surface area contributed by atoms with Crippen LogP contribution in [0.5, 0.6) is 0 Å². The lowest BCUT2D eigenvalue weighted by Crippen LogP contribution is -2.48. The Hall–Kier alpha value is -2.39. The fraction of sp³-hybridized carbons (Fsp3) is 0.462. The molecule has 2 aromatic rings. The van der Waals surface area contributed by atoms with E-state index in [9.17, 15) is 18.0 Å². The summed E-state index contributed by atoms with van der Waals surface area (Å²) in [6.07, 6.45) is 1.61. The third-order valence-corrected chi connectivity index (χ3v) is 7.26. The molecule has 0 radical (unpaired) electrons. The predicted molar refractivity (Wildman–Crippen MR) is 145 cm³/mol. The first-order valence-corrected chi connectivity index (χ1v) is 14.4. The normalized spacial score (nSPS) is 12.3. The molecule has 0 aliphatic heterocycles. The van der Waals surface area contributed by atoms with Crippen LogP contribution in [0.1, 0.15) is 44.7 Å². The van der Waals surface area contributed by atoms with Crippen LogP contribution in [0.3, 0.4) is 0 Å². The molecule has 7 nitrogen and oxygen atoms in total. The van der Waals surface area contributed by atoms with E-state index in [1.165, 1.54) is 4.31 Å². The molecule has 9 heteroatoms. The average molecular weight is 567 g/mol. The molecule has 1 atom stereocenters. The maximum absolute atomic E-state index is 13.3. The van der Waals surface area contributed by atoms with E-state index in [0.717, 1.165) is 21.9 Å². The Morgan fingerprint density at radius 2 is 1.71 bits per heavy atom. The second kappa shape index (κ2) is 13.1. The lowest BCUT2D eigenvalue weighted by atomic mass is 10.1. The number of hydrogen-bond donors (Lipinski definition) is 1. The maximum atomic E-state index is 13.3. The molecule has 0 aliphatic rings. The van der Waals surface area contributed by atoms with Gasteiger partial charge < -0.3 is 10.2 Å². The third-order valence-electron chi connectivity index (χ3n) is 5.57. The zero-order valence-corrected chi connectivity index (χ0v) is 23.5. The standard InChI is InChI=1S/C26H36BrN3O4S/c1-19(2)17-28-26(32)21(4)29(18-22-8-6-9-23(27)16-22)25(31)10-7-15-30(35(5,33)34)24-13-11-20(3)12-14-24/h6,8-9,11-14,16,19,21H,7,10,15,17-18H2,1-5H3,(H,28,32)/t21-/m0/s1. The minimum atomic E-state index is -3.51. The summed E-state index contributed by atoms with van der Waals surface area (Å²) >= 11 is 3.45. The van der Waals surface area contributed by atoms with Crippen molar-refractivity contribution in [2.24, 2.45) is 5.92 Å². The van der Waals surface area contributed by atoms with Crippen LogP contribution in [0.2, 0.25) is 0 Å². The number of benzene rings is 2. The molecule has 0 saturated carbocycles. The number of rotatable bonds is 12. The molecule has 2 amide bonds. The highest BCUT2D eigenvalue weighted by molar-refractivity contribution is 9.10. The number of hydrogen-bond acceptors (Lipinski definition) is 4. The Kier molecular flexibility index (Phi) is 10.8. The molecule has 0 heterocycles. The van der Waals surface area contributed by atoms with Crippen molar-refractivity contribution in [2.75, 3.05) is 23.7 Å². The Morgan fingerprint density at radius 1 is 1.06 bits per heavy atom. The summed E-state index contributed by atoms with van der Waals surface area (Å²) in [5.41, 5.74) is 2.50. The molecule has 35 heavy (non-hydrogen) atoms. The molecule has 0 aliphatic carbocycles. The monoisotopic (exact) mass is 565 g/mol. The van der Waals surface area contributed by atoms with Gasteiger partial charge in [-0.25, -0.2) is 8.42 Å². The summed E-state index contributed by atoms with van der Waals surface area (Å²) < 4.78 is 27.0. The number of nitrogens with one attached hydrogen (secondary N) is 1. The highest BCUT2D eigenvalue weighted by atomic mass is 79.9. The van der Waals surface area contributed by atoms with Crippen molar-refractivity contribution >= 4 is 43.5 Å². The largest absolute Gasteiger partial charge is 0.354 e. The molecule has 0 fully saturated rings. The van der Waals surface area contributed by atoms with E-state index in [0.29, 0.717) is 24.6 Å². The van der Waals surface area contributed by atoms with Crippen molar-refractivity contribution in [3.05, 3.63) is 64.1 Å². The van der Waals surface area contributed by atoms with Gasteiger partial charge in [-0.15, -0.1) is 0 Å². The minimum Gasteiger partial charge on any atom is -0.354 e. The van der Waals surface area contributed by atoms with Crippen LogP contribution in [-0.4, -0.2) is 50.5 Å². The zero-order valence-electron chi connectivity index (χ0n) is 21.1. The highest BCUT2D eigenvalue weighted by Gasteiger charge is 2.26. The summed E-state index contributed by atoms with van der Waals surface area (Å²) in [5, 5.41) is 2.90. The van der Waals surface area contributed by atoms with Gasteiger partial charge in [-0.1, -0.05) is 59.6 Å². The minimum absolute atomic E-state index is 0.119. The van der Waals surface area contributed by atoms with Gasteiger partial charge in [0, 0.05) is 30.5 Å². The van der Waals surface area contributed by atoms with Crippen LogP contribution >= 0.6 is 15.9 Å². The molecule has 2 rings (SSSR count). The van der Waals surface area contributed by atoms with Crippen molar-refractivity contribution in [1.82, 2.24) is 10.2 Å².